The molecule has 5 aliphatic rings. The topological polar surface area (TPSA) is 116 Å². The van der Waals surface area contributed by atoms with Crippen LogP contribution in [-0.2, 0) is 11.2 Å². The van der Waals surface area contributed by atoms with Gasteiger partial charge in [0.15, 0.2) is 5.82 Å². The molecule has 2 aliphatic carbocycles. The van der Waals surface area contributed by atoms with Gasteiger partial charge in [-0.1, -0.05) is 35.3 Å². The number of aromatic nitrogens is 4. The fourth-order valence-electron chi connectivity index (χ4n) is 8.79. The summed E-state index contributed by atoms with van der Waals surface area (Å²) in [6.45, 7) is 3.31. The van der Waals surface area contributed by atoms with Gasteiger partial charge in [0.25, 0.3) is 0 Å². The van der Waals surface area contributed by atoms with Crippen LogP contribution in [0, 0.1) is 47.2 Å². The van der Waals surface area contributed by atoms with Crippen LogP contribution in [0.15, 0.2) is 42.7 Å². The minimum atomic E-state index is -0.493. The quantitative estimate of drug-likeness (QED) is 0.186. The highest BCUT2D eigenvalue weighted by Gasteiger charge is 2.51. The van der Waals surface area contributed by atoms with Crippen LogP contribution in [0.4, 0.5) is 4.39 Å². The van der Waals surface area contributed by atoms with Crippen LogP contribution < -0.4 is 5.32 Å². The number of aryl methyl sites for hydroxylation is 2. The molecule has 2 bridgehead atoms. The van der Waals surface area contributed by atoms with Crippen LogP contribution in [0.3, 0.4) is 0 Å². The molecule has 5 fully saturated rings. The molecular weight excluding hydrogens is 674 g/mol. The Balaban J connectivity index is 1.29. The van der Waals surface area contributed by atoms with E-state index in [1.165, 1.54) is 0 Å². The molecule has 3 aliphatic heterocycles. The summed E-state index contributed by atoms with van der Waals surface area (Å²) in [5, 5.41) is 29.4. The van der Waals surface area contributed by atoms with E-state index < -0.39 is 5.82 Å². The second-order valence-corrected chi connectivity index (χ2v) is 15.1. The lowest BCUT2D eigenvalue weighted by atomic mass is 9.79. The maximum Gasteiger partial charge on any atom is 0.226 e. The van der Waals surface area contributed by atoms with E-state index in [0.717, 1.165) is 42.4 Å². The monoisotopic (exact) mass is 706 g/mol. The molecule has 5 unspecified atom stereocenters. The van der Waals surface area contributed by atoms with Crippen molar-refractivity contribution in [3.05, 3.63) is 81.1 Å². The van der Waals surface area contributed by atoms with Gasteiger partial charge in [-0.15, -0.1) is 0 Å². The number of benzene rings is 2. The maximum absolute atomic E-state index is 17.1. The average molecular weight is 708 g/mol. The Hall–Kier alpha value is -4.48. The van der Waals surface area contributed by atoms with Crippen molar-refractivity contribution in [3.8, 4) is 23.3 Å². The molecule has 2 saturated carbocycles. The molecule has 10 rings (SSSR count). The van der Waals surface area contributed by atoms with Gasteiger partial charge < -0.3 is 14.8 Å². The minimum Gasteiger partial charge on any atom is -0.337 e. The molecule has 2 aromatic carbocycles. The Bertz CT molecular complexity index is 2320. The summed E-state index contributed by atoms with van der Waals surface area (Å²) in [5.41, 5.74) is 4.78. The summed E-state index contributed by atoms with van der Waals surface area (Å²) in [4.78, 5) is 20.9. The molecule has 1 amide bonds. The lowest BCUT2D eigenvalue weighted by Crippen LogP contribution is -2.41. The van der Waals surface area contributed by atoms with Gasteiger partial charge in [-0.3, -0.25) is 9.48 Å². The average Bonchev–Trinajstić information content (AvgIpc) is 3.60. The lowest BCUT2D eigenvalue weighted by molar-refractivity contribution is -0.133. The fraction of sp³-hybridized carbons (Fsp3) is 0.395. The minimum absolute atomic E-state index is 0.0284. The molecule has 6 heterocycles. The Morgan fingerprint density at radius 1 is 1.16 bits per heavy atom. The summed E-state index contributed by atoms with van der Waals surface area (Å²) in [6.07, 6.45) is 7.34. The number of pyridine rings is 1. The highest BCUT2D eigenvalue weighted by Crippen LogP contribution is 2.52. The maximum atomic E-state index is 17.1. The molecule has 252 valence electrons. The molecule has 50 heavy (non-hydrogen) atoms. The van der Waals surface area contributed by atoms with Crippen molar-refractivity contribution in [1.82, 2.24) is 29.5 Å². The molecule has 5 atom stereocenters. The number of likely N-dealkylation sites (tertiary alicyclic amines) is 1. The highest BCUT2D eigenvalue weighted by atomic mass is 35.5. The van der Waals surface area contributed by atoms with Crippen LogP contribution in [0.2, 0.25) is 10.0 Å². The summed E-state index contributed by atoms with van der Waals surface area (Å²) < 4.78 is 21.4. The smallest absolute Gasteiger partial charge is 0.226 e. The second-order valence-electron chi connectivity index (χ2n) is 14.3. The summed E-state index contributed by atoms with van der Waals surface area (Å²) >= 11 is 13.1. The fourth-order valence-corrected chi connectivity index (χ4v) is 9.18. The SMILES string of the molecule is Cc1nc2c(F)c(-c3cccc(Cl)c3Cl)c(CCC#N)cc2c2c1cc(C1CC(n3cc(C#N)cn3)CN1C(=O)C1CC1)n2C1C2CNC1C2. The molecule has 12 heteroatoms. The first-order valence-electron chi connectivity index (χ1n) is 17.2. The van der Waals surface area contributed by atoms with Gasteiger partial charge in [0.2, 0.25) is 5.91 Å². The van der Waals surface area contributed by atoms with Crippen LogP contribution in [-0.4, -0.2) is 49.3 Å². The Morgan fingerprint density at radius 2 is 2.00 bits per heavy atom. The van der Waals surface area contributed by atoms with Gasteiger partial charge in [-0.2, -0.15) is 15.6 Å². The number of carbonyl (C=O) groups is 1. The second kappa shape index (κ2) is 11.8. The zero-order valence-corrected chi connectivity index (χ0v) is 28.8. The standard InChI is InChI=1S/C38H33Cl2FN8O/c1-19-26-13-31(30-12-24(48-17-20(14-43)15-45-48)18-47(30)38(50)21-7-8-21)49(36-23-11-29(36)44-16-23)37(26)27-10-22(4-3-9-42)32(34(41)35(27)46-19)25-5-2-6-28(39)33(25)40/h2,5-6,10,13,15,17,21,23-24,29-30,36,44H,3-4,7-8,11-12,16,18H2,1H3. The van der Waals surface area contributed by atoms with Crippen molar-refractivity contribution in [2.75, 3.05) is 13.1 Å². The van der Waals surface area contributed by atoms with E-state index in [1.54, 1.807) is 30.6 Å². The van der Waals surface area contributed by atoms with Crippen molar-refractivity contribution < 1.29 is 9.18 Å². The molecule has 0 spiro atoms. The predicted octanol–water partition coefficient (Wildman–Crippen LogP) is 7.59. The molecule has 1 N–H and O–H groups in total. The number of amides is 1. The van der Waals surface area contributed by atoms with Gasteiger partial charge in [-0.25, -0.2) is 9.37 Å². The van der Waals surface area contributed by atoms with Crippen molar-refractivity contribution in [2.45, 2.75) is 69.6 Å². The number of fused-ring (bicyclic) bond motifs is 4. The molecule has 9 nitrogen and oxygen atoms in total. The van der Waals surface area contributed by atoms with E-state index >= 15 is 4.39 Å². The molecule has 3 saturated heterocycles. The Labute approximate surface area is 298 Å². The van der Waals surface area contributed by atoms with Crippen molar-refractivity contribution in [3.63, 3.8) is 0 Å². The molecule has 3 aromatic heterocycles. The third-order valence-electron chi connectivity index (χ3n) is 11.4. The van der Waals surface area contributed by atoms with E-state index in [9.17, 15) is 15.3 Å². The van der Waals surface area contributed by atoms with Crippen molar-refractivity contribution in [1.29, 1.82) is 10.5 Å². The van der Waals surface area contributed by atoms with E-state index in [-0.39, 0.29) is 53.0 Å². The first-order chi connectivity index (χ1) is 24.3. The van der Waals surface area contributed by atoms with Gasteiger partial charge >= 0.3 is 0 Å². The van der Waals surface area contributed by atoms with E-state index in [0.29, 0.717) is 63.7 Å². The van der Waals surface area contributed by atoms with Crippen LogP contribution in [0.25, 0.3) is 32.9 Å². The number of rotatable bonds is 7. The van der Waals surface area contributed by atoms with Crippen molar-refractivity contribution in [2.24, 2.45) is 11.8 Å². The normalized spacial score (nSPS) is 24.1. The molecular formula is C38H33Cl2FN8O. The Kier molecular flexibility index (Phi) is 7.44. The summed E-state index contributed by atoms with van der Waals surface area (Å²) in [7, 11) is 0. The summed E-state index contributed by atoms with van der Waals surface area (Å²) in [5.74, 6) is 0.0939. The largest absolute Gasteiger partial charge is 0.337 e. The molecule has 5 aromatic rings. The Morgan fingerprint density at radius 3 is 2.70 bits per heavy atom. The third-order valence-corrected chi connectivity index (χ3v) is 12.2. The highest BCUT2D eigenvalue weighted by molar-refractivity contribution is 6.43. The van der Waals surface area contributed by atoms with Crippen LogP contribution in [0.1, 0.15) is 72.7 Å². The van der Waals surface area contributed by atoms with Gasteiger partial charge in [0.1, 0.15) is 11.6 Å². The van der Waals surface area contributed by atoms with Gasteiger partial charge in [-0.05, 0) is 68.7 Å². The zero-order valence-electron chi connectivity index (χ0n) is 27.3. The number of nitrogens with zero attached hydrogens (tertiary/aromatic N) is 7. The first-order valence-corrected chi connectivity index (χ1v) is 18.0. The summed E-state index contributed by atoms with van der Waals surface area (Å²) in [6, 6.07) is 13.8. The van der Waals surface area contributed by atoms with E-state index in [1.807, 2.05) is 22.6 Å². The first kappa shape index (κ1) is 31.5. The van der Waals surface area contributed by atoms with E-state index in [2.05, 4.69) is 33.2 Å². The van der Waals surface area contributed by atoms with Crippen molar-refractivity contribution >= 4 is 50.9 Å². The number of hydrogen-bond donors (Lipinski definition) is 1. The van der Waals surface area contributed by atoms with Gasteiger partial charge in [0, 0.05) is 71.0 Å². The molecule has 0 radical (unpaired) electrons. The number of carbonyl (C=O) groups excluding carboxylic acids is 1. The van der Waals surface area contributed by atoms with Gasteiger partial charge in [0.05, 0.1) is 51.5 Å². The number of hydrogen-bond acceptors (Lipinski definition) is 6. The van der Waals surface area contributed by atoms with Crippen LogP contribution in [0.5, 0.6) is 0 Å². The number of halogens is 3. The zero-order chi connectivity index (χ0) is 34.4. The number of nitrogens with one attached hydrogen (secondary N) is 1. The lowest BCUT2D eigenvalue weighted by Gasteiger charge is -2.39. The third kappa shape index (κ3) is 4.76. The van der Waals surface area contributed by atoms with E-state index in [4.69, 9.17) is 28.2 Å². The predicted molar refractivity (Wildman–Crippen MR) is 188 cm³/mol. The number of nitriles is 2. The van der Waals surface area contributed by atoms with Crippen LogP contribution >= 0.6 is 23.2 Å².